The van der Waals surface area contributed by atoms with Crippen LogP contribution in [0.1, 0.15) is 33.2 Å². The number of hydrogen-bond acceptors (Lipinski definition) is 7. The minimum Gasteiger partial charge on any atom is -0.379 e. The van der Waals surface area contributed by atoms with Gasteiger partial charge in [-0.25, -0.2) is 0 Å². The Kier molecular flexibility index (Phi) is 9.61. The van der Waals surface area contributed by atoms with Gasteiger partial charge in [-0.3, -0.25) is 19.4 Å². The maximum absolute atomic E-state index is 14.4. The van der Waals surface area contributed by atoms with Crippen LogP contribution in [0.3, 0.4) is 0 Å². The largest absolute Gasteiger partial charge is 0.379 e. The summed E-state index contributed by atoms with van der Waals surface area (Å²) < 4.78 is 19.5. The highest BCUT2D eigenvalue weighted by molar-refractivity contribution is 6.08. The maximum Gasteiger partial charge on any atom is 0.270 e. The number of para-hydroxylation sites is 1. The van der Waals surface area contributed by atoms with E-state index in [1.54, 1.807) is 20.3 Å². The van der Waals surface area contributed by atoms with Gasteiger partial charge in [0.15, 0.2) is 5.79 Å². The van der Waals surface area contributed by atoms with Crippen LogP contribution >= 0.6 is 0 Å². The average Bonchev–Trinajstić information content (AvgIpc) is 3.46. The minimum atomic E-state index is -1.14. The van der Waals surface area contributed by atoms with Gasteiger partial charge in [-0.1, -0.05) is 60.7 Å². The molecule has 10 nitrogen and oxygen atoms in total. The Balaban J connectivity index is 1.09. The van der Waals surface area contributed by atoms with Crippen LogP contribution < -0.4 is 4.90 Å². The van der Waals surface area contributed by atoms with Gasteiger partial charge < -0.3 is 28.6 Å². The monoisotopic (exact) mass is 651 g/mol. The fraction of sp³-hybridized carbons (Fsp3) is 0.421. The highest BCUT2D eigenvalue weighted by Gasteiger charge is 2.41. The summed E-state index contributed by atoms with van der Waals surface area (Å²) in [6, 6.07) is 21.9. The molecule has 0 spiro atoms. The topological polar surface area (TPSA) is 79.7 Å². The number of hydrogen-bond donors (Lipinski definition) is 0. The number of carbonyl (C=O) groups excluding carboxylic acids is 2. The third-order valence-electron chi connectivity index (χ3n) is 10.3. The number of rotatable bonds is 8. The molecule has 4 aliphatic rings. The van der Waals surface area contributed by atoms with Crippen molar-refractivity contribution in [2.45, 2.75) is 24.8 Å². The first-order valence-corrected chi connectivity index (χ1v) is 17.0. The lowest BCUT2D eigenvalue weighted by molar-refractivity contribution is -0.179. The van der Waals surface area contributed by atoms with Crippen molar-refractivity contribution >= 4 is 17.5 Å². The highest BCUT2D eigenvalue weighted by Crippen LogP contribution is 2.40. The predicted octanol–water partition coefficient (Wildman–Crippen LogP) is 3.74. The maximum atomic E-state index is 14.4. The first kappa shape index (κ1) is 32.5. The number of carbonyl (C=O) groups is 2. The summed E-state index contributed by atoms with van der Waals surface area (Å²) in [5.41, 5.74) is 4.91. The fourth-order valence-corrected chi connectivity index (χ4v) is 7.41. The Morgan fingerprint density at radius 1 is 0.792 bits per heavy atom. The number of morpholine rings is 1. The van der Waals surface area contributed by atoms with Crippen molar-refractivity contribution in [2.24, 2.45) is 0 Å². The van der Waals surface area contributed by atoms with Crippen LogP contribution in [0.4, 0.5) is 5.69 Å². The smallest absolute Gasteiger partial charge is 0.270 e. The summed E-state index contributed by atoms with van der Waals surface area (Å²) in [5, 5.41) is 0. The zero-order valence-corrected chi connectivity index (χ0v) is 27.9. The molecule has 0 bridgehead atoms. The second-order valence-corrected chi connectivity index (χ2v) is 12.9. The van der Waals surface area contributed by atoms with Crippen LogP contribution in [-0.2, 0) is 32.1 Å². The van der Waals surface area contributed by atoms with E-state index in [1.807, 2.05) is 88.7 Å². The number of amides is 2. The van der Waals surface area contributed by atoms with E-state index in [2.05, 4.69) is 14.4 Å². The quantitative estimate of drug-likeness (QED) is 0.344. The van der Waals surface area contributed by atoms with Crippen LogP contribution in [0.2, 0.25) is 0 Å². The van der Waals surface area contributed by atoms with E-state index in [1.165, 1.54) is 0 Å². The number of ether oxygens (including phenoxy) is 3. The average molecular weight is 652 g/mol. The fourth-order valence-electron chi connectivity index (χ4n) is 7.41. The second kappa shape index (κ2) is 14.2. The van der Waals surface area contributed by atoms with Crippen molar-refractivity contribution < 1.29 is 23.8 Å². The molecule has 4 heterocycles. The number of fused-ring (bicyclic) bond motifs is 2. The standard InChI is InChI=1S/C38H45N5O5/c1-46-38(47-2)26-30(12-14-33(38)29-8-4-3-5-9-29)36(44)43-28-32-13-15-35(42(32)27-31-10-6-7-11-34(31)43)37(45)41-20-18-39(19-21-41)16-17-40-22-24-48-25-23-40/h3-15,26,33H,16-25,27-28H2,1-2H3. The third kappa shape index (κ3) is 6.38. The molecule has 0 radical (unpaired) electrons. The number of methoxy groups -OCH3 is 2. The molecule has 0 saturated carbocycles. The Labute approximate surface area is 282 Å². The minimum absolute atomic E-state index is 0.0428. The normalized spacial score (nSPS) is 21.3. The molecule has 48 heavy (non-hydrogen) atoms. The highest BCUT2D eigenvalue weighted by atomic mass is 16.7. The predicted molar refractivity (Wildman–Crippen MR) is 184 cm³/mol. The van der Waals surface area contributed by atoms with Crippen molar-refractivity contribution in [3.8, 4) is 0 Å². The molecule has 252 valence electrons. The summed E-state index contributed by atoms with van der Waals surface area (Å²) in [6.07, 6.45) is 5.66. The molecule has 10 heteroatoms. The number of piperazine rings is 1. The van der Waals surface area contributed by atoms with Crippen LogP contribution in [0.15, 0.2) is 90.5 Å². The summed E-state index contributed by atoms with van der Waals surface area (Å²) >= 11 is 0. The molecule has 2 amide bonds. The molecule has 1 aromatic heterocycles. The molecule has 2 fully saturated rings. The van der Waals surface area contributed by atoms with Gasteiger partial charge in [0.2, 0.25) is 0 Å². The molecule has 3 aromatic rings. The van der Waals surface area contributed by atoms with E-state index >= 15 is 0 Å². The van der Waals surface area contributed by atoms with Gasteiger partial charge in [0.05, 0.1) is 32.2 Å². The number of anilines is 1. The molecule has 1 unspecified atom stereocenters. The summed E-state index contributed by atoms with van der Waals surface area (Å²) in [6.45, 7) is 9.64. The van der Waals surface area contributed by atoms with Crippen LogP contribution in [0, 0.1) is 0 Å². The Hall–Kier alpha value is -4.06. The van der Waals surface area contributed by atoms with E-state index in [0.29, 0.717) is 37.4 Å². The van der Waals surface area contributed by atoms with Crippen molar-refractivity contribution in [3.63, 3.8) is 0 Å². The summed E-state index contributed by atoms with van der Waals surface area (Å²) in [5.74, 6) is -1.47. The molecule has 2 saturated heterocycles. The Bertz CT molecular complexity index is 1670. The zero-order chi connectivity index (χ0) is 33.1. The van der Waals surface area contributed by atoms with Gasteiger partial charge in [-0.15, -0.1) is 0 Å². The lowest BCUT2D eigenvalue weighted by atomic mass is 9.84. The number of benzene rings is 2. The Morgan fingerprint density at radius 2 is 1.48 bits per heavy atom. The first-order chi connectivity index (χ1) is 23.5. The second-order valence-electron chi connectivity index (χ2n) is 12.9. The van der Waals surface area contributed by atoms with Crippen molar-refractivity contribution in [1.82, 2.24) is 19.3 Å². The SMILES string of the molecule is COC1(OC)C=C(C(=O)N2Cc3ccc(C(=O)N4CCN(CCN5CCOCC5)CC4)n3Cc3ccccc32)C=CC1c1ccccc1. The molecule has 1 aliphatic carbocycles. The van der Waals surface area contributed by atoms with Gasteiger partial charge >= 0.3 is 0 Å². The van der Waals surface area contributed by atoms with Crippen molar-refractivity contribution in [1.29, 1.82) is 0 Å². The molecule has 3 aliphatic heterocycles. The zero-order valence-electron chi connectivity index (χ0n) is 27.9. The third-order valence-corrected chi connectivity index (χ3v) is 10.3. The van der Waals surface area contributed by atoms with Gasteiger partial charge in [-0.2, -0.15) is 0 Å². The number of aromatic nitrogens is 1. The first-order valence-electron chi connectivity index (χ1n) is 17.0. The summed E-state index contributed by atoms with van der Waals surface area (Å²) in [7, 11) is 3.21. The lowest BCUT2D eigenvalue weighted by Gasteiger charge is -2.37. The van der Waals surface area contributed by atoms with E-state index < -0.39 is 5.79 Å². The molecule has 7 rings (SSSR count). The van der Waals surface area contributed by atoms with Gasteiger partial charge in [0.25, 0.3) is 11.8 Å². The Morgan fingerprint density at radius 3 is 2.21 bits per heavy atom. The van der Waals surface area contributed by atoms with Crippen molar-refractivity contribution in [2.75, 3.05) is 84.7 Å². The van der Waals surface area contributed by atoms with E-state index in [4.69, 9.17) is 14.2 Å². The summed E-state index contributed by atoms with van der Waals surface area (Å²) in [4.78, 5) is 37.1. The van der Waals surface area contributed by atoms with E-state index in [-0.39, 0.29) is 17.7 Å². The van der Waals surface area contributed by atoms with Crippen LogP contribution in [0.5, 0.6) is 0 Å². The van der Waals surface area contributed by atoms with E-state index in [9.17, 15) is 9.59 Å². The van der Waals surface area contributed by atoms with Gasteiger partial charge in [-0.05, 0) is 35.4 Å². The lowest BCUT2D eigenvalue weighted by Crippen LogP contribution is -2.51. The number of nitrogens with zero attached hydrogens (tertiary/aromatic N) is 5. The molecular weight excluding hydrogens is 606 g/mol. The molecular formula is C38H45N5O5. The van der Waals surface area contributed by atoms with E-state index in [0.717, 1.165) is 75.0 Å². The van der Waals surface area contributed by atoms with Crippen LogP contribution in [0.25, 0.3) is 0 Å². The van der Waals surface area contributed by atoms with Crippen molar-refractivity contribution in [3.05, 3.63) is 113 Å². The molecule has 0 N–H and O–H groups in total. The van der Waals surface area contributed by atoms with Gasteiger partial charge in [0.1, 0.15) is 5.69 Å². The molecule has 1 atom stereocenters. The van der Waals surface area contributed by atoms with Gasteiger partial charge in [0, 0.05) is 83.5 Å². The van der Waals surface area contributed by atoms with Crippen LogP contribution in [-0.4, -0.2) is 117 Å². The molecule has 2 aromatic carbocycles.